The van der Waals surface area contributed by atoms with Crippen LogP contribution in [0, 0.1) is 0 Å². The summed E-state index contributed by atoms with van der Waals surface area (Å²) >= 11 is 0. The van der Waals surface area contributed by atoms with E-state index in [1.807, 2.05) is 0 Å². The van der Waals surface area contributed by atoms with Crippen molar-refractivity contribution in [2.45, 2.75) is 303 Å². The third-order valence-electron chi connectivity index (χ3n) is 13.2. The number of carbonyl (C=O) groups is 3. The Morgan fingerprint density at radius 3 is 0.847 bits per heavy atom. The Morgan fingerprint density at radius 2 is 0.542 bits per heavy atom. The van der Waals surface area contributed by atoms with Crippen LogP contribution in [0.25, 0.3) is 0 Å². The first kappa shape index (κ1) is 68.6. The molecule has 0 aliphatic heterocycles. The predicted molar refractivity (Wildman–Crippen MR) is 311 cm³/mol. The van der Waals surface area contributed by atoms with Gasteiger partial charge in [0, 0.05) is 19.3 Å². The molecule has 0 aromatic heterocycles. The molecular weight excluding hydrogens is 889 g/mol. The first-order valence-corrected chi connectivity index (χ1v) is 30.6. The summed E-state index contributed by atoms with van der Waals surface area (Å²) < 4.78 is 16.8. The van der Waals surface area contributed by atoms with Crippen molar-refractivity contribution in [3.8, 4) is 0 Å². The summed E-state index contributed by atoms with van der Waals surface area (Å²) in [6.45, 7) is 6.51. The Labute approximate surface area is 445 Å². The number of hydrogen-bond donors (Lipinski definition) is 0. The van der Waals surface area contributed by atoms with Crippen molar-refractivity contribution in [2.24, 2.45) is 0 Å². The minimum absolute atomic E-state index is 0.0739. The lowest BCUT2D eigenvalue weighted by atomic mass is 10.0. The van der Waals surface area contributed by atoms with Crippen LogP contribution in [0.2, 0.25) is 0 Å². The zero-order chi connectivity index (χ0) is 52.2. The van der Waals surface area contributed by atoms with E-state index in [9.17, 15) is 14.4 Å². The minimum Gasteiger partial charge on any atom is -0.462 e. The summed E-state index contributed by atoms with van der Waals surface area (Å²) in [5.74, 6) is -0.874. The molecule has 72 heavy (non-hydrogen) atoms. The van der Waals surface area contributed by atoms with Crippen molar-refractivity contribution in [3.05, 3.63) is 85.1 Å². The van der Waals surface area contributed by atoms with Crippen molar-refractivity contribution in [1.82, 2.24) is 0 Å². The molecule has 0 heterocycles. The van der Waals surface area contributed by atoms with Crippen molar-refractivity contribution in [1.29, 1.82) is 0 Å². The summed E-state index contributed by atoms with van der Waals surface area (Å²) in [6, 6.07) is 0. The highest BCUT2D eigenvalue weighted by Gasteiger charge is 2.19. The number of carbonyl (C=O) groups excluding carboxylic acids is 3. The fraction of sp³-hybridized carbons (Fsp3) is 0.742. The molecule has 0 radical (unpaired) electrons. The third kappa shape index (κ3) is 57.5. The smallest absolute Gasteiger partial charge is 0.306 e. The van der Waals surface area contributed by atoms with Gasteiger partial charge in [-0.25, -0.2) is 0 Å². The van der Waals surface area contributed by atoms with E-state index in [2.05, 4.69) is 106 Å². The molecule has 0 spiro atoms. The van der Waals surface area contributed by atoms with Crippen LogP contribution < -0.4 is 0 Å². The zero-order valence-corrected chi connectivity index (χ0v) is 47.4. The highest BCUT2D eigenvalue weighted by atomic mass is 16.6. The molecule has 0 rings (SSSR count). The van der Waals surface area contributed by atoms with Gasteiger partial charge in [-0.15, -0.1) is 0 Å². The van der Waals surface area contributed by atoms with E-state index in [1.54, 1.807) is 0 Å². The molecule has 0 bridgehead atoms. The highest BCUT2D eigenvalue weighted by molar-refractivity contribution is 5.71. The lowest BCUT2D eigenvalue weighted by Gasteiger charge is -2.18. The molecule has 0 N–H and O–H groups in total. The van der Waals surface area contributed by atoms with Crippen LogP contribution in [0.3, 0.4) is 0 Å². The van der Waals surface area contributed by atoms with Gasteiger partial charge < -0.3 is 14.2 Å². The van der Waals surface area contributed by atoms with Crippen LogP contribution in [0.1, 0.15) is 297 Å². The maximum Gasteiger partial charge on any atom is 0.306 e. The largest absolute Gasteiger partial charge is 0.462 e. The summed E-state index contributed by atoms with van der Waals surface area (Å²) in [7, 11) is 0. The average molecular weight is 1000 g/mol. The van der Waals surface area contributed by atoms with Crippen molar-refractivity contribution in [2.75, 3.05) is 13.2 Å². The van der Waals surface area contributed by atoms with E-state index in [4.69, 9.17) is 14.2 Å². The molecular formula is C66H114O6. The van der Waals surface area contributed by atoms with E-state index in [1.165, 1.54) is 148 Å². The number of esters is 3. The quantitative estimate of drug-likeness (QED) is 0.0261. The Morgan fingerprint density at radius 1 is 0.292 bits per heavy atom. The maximum absolute atomic E-state index is 12.8. The monoisotopic (exact) mass is 1000 g/mol. The average Bonchev–Trinajstić information content (AvgIpc) is 3.38. The van der Waals surface area contributed by atoms with Gasteiger partial charge in [0.1, 0.15) is 13.2 Å². The van der Waals surface area contributed by atoms with Gasteiger partial charge in [-0.05, 0) is 77.0 Å². The Kier molecular flexibility index (Phi) is 57.3. The summed E-state index contributed by atoms with van der Waals surface area (Å²) in [5.41, 5.74) is 0. The molecule has 0 aromatic carbocycles. The van der Waals surface area contributed by atoms with Gasteiger partial charge in [0.15, 0.2) is 6.10 Å². The molecule has 1 atom stereocenters. The molecule has 0 aromatic rings. The SMILES string of the molecule is CC/C=C\C/C=C\C/C=C\C/C=C\C/C=C\C/C=C\C/C=C\CCCCCCCCCCCC(=O)OCC(COC(=O)CCCCCCCCCC)OC(=O)CCCCCCCCCCCCCCCCC. The Balaban J connectivity index is 4.14. The standard InChI is InChI=1S/C66H114O6/c1-4-7-10-13-16-19-21-23-25-26-27-28-29-30-31-32-33-34-35-36-37-38-39-40-42-43-45-47-50-53-56-59-65(68)71-62-63(61-70-64(67)58-55-52-49-18-15-12-9-6-3)72-66(69)60-57-54-51-48-46-44-41-24-22-20-17-14-11-8-5-2/h7,10,16,19,23,25,27-28,30-31,33-34,36-37,63H,4-6,8-9,11-15,17-18,20-22,24,26,29,32,35,38-62H2,1-3H3/b10-7-,19-16-,25-23-,28-27-,31-30-,34-33-,37-36-. The normalized spacial score (nSPS) is 12.7. The third-order valence-corrected chi connectivity index (χ3v) is 13.2. The van der Waals surface area contributed by atoms with Gasteiger partial charge >= 0.3 is 17.9 Å². The molecule has 1 unspecified atom stereocenters. The Hall–Kier alpha value is -3.41. The van der Waals surface area contributed by atoms with Crippen molar-refractivity contribution in [3.63, 3.8) is 0 Å². The van der Waals surface area contributed by atoms with Crippen LogP contribution >= 0.6 is 0 Å². The van der Waals surface area contributed by atoms with Crippen LogP contribution in [-0.4, -0.2) is 37.2 Å². The van der Waals surface area contributed by atoms with E-state index in [0.717, 1.165) is 109 Å². The van der Waals surface area contributed by atoms with Gasteiger partial charge in [-0.2, -0.15) is 0 Å². The molecule has 414 valence electrons. The molecule has 0 fully saturated rings. The van der Waals surface area contributed by atoms with E-state index in [-0.39, 0.29) is 31.1 Å². The van der Waals surface area contributed by atoms with E-state index >= 15 is 0 Å². The van der Waals surface area contributed by atoms with Crippen molar-refractivity contribution < 1.29 is 28.6 Å². The summed E-state index contributed by atoms with van der Waals surface area (Å²) in [4.78, 5) is 38.0. The van der Waals surface area contributed by atoms with Gasteiger partial charge in [0.05, 0.1) is 0 Å². The van der Waals surface area contributed by atoms with Crippen molar-refractivity contribution >= 4 is 17.9 Å². The van der Waals surface area contributed by atoms with Gasteiger partial charge in [0.2, 0.25) is 0 Å². The van der Waals surface area contributed by atoms with E-state index < -0.39 is 6.10 Å². The fourth-order valence-corrected chi connectivity index (χ4v) is 8.60. The van der Waals surface area contributed by atoms with Gasteiger partial charge in [-0.3, -0.25) is 14.4 Å². The predicted octanol–water partition coefficient (Wildman–Crippen LogP) is 20.7. The van der Waals surface area contributed by atoms with E-state index in [0.29, 0.717) is 19.3 Å². The molecule has 0 amide bonds. The van der Waals surface area contributed by atoms with Gasteiger partial charge in [0.25, 0.3) is 0 Å². The lowest BCUT2D eigenvalue weighted by Crippen LogP contribution is -2.30. The zero-order valence-electron chi connectivity index (χ0n) is 47.4. The first-order valence-electron chi connectivity index (χ1n) is 30.6. The number of hydrogen-bond acceptors (Lipinski definition) is 6. The molecule has 6 nitrogen and oxygen atoms in total. The minimum atomic E-state index is -0.773. The molecule has 0 aliphatic carbocycles. The Bertz CT molecular complexity index is 1380. The summed E-state index contributed by atoms with van der Waals surface area (Å²) in [5, 5.41) is 0. The number of allylic oxidation sites excluding steroid dienone is 14. The lowest BCUT2D eigenvalue weighted by molar-refractivity contribution is -0.167. The highest BCUT2D eigenvalue weighted by Crippen LogP contribution is 2.16. The molecule has 6 heteroatoms. The second kappa shape index (κ2) is 60.1. The molecule has 0 aliphatic rings. The van der Waals surface area contributed by atoms with Crippen LogP contribution in [0.5, 0.6) is 0 Å². The van der Waals surface area contributed by atoms with Gasteiger partial charge in [-0.1, -0.05) is 286 Å². The molecule has 0 saturated carbocycles. The van der Waals surface area contributed by atoms with Crippen LogP contribution in [0.15, 0.2) is 85.1 Å². The number of ether oxygens (including phenoxy) is 3. The second-order valence-electron chi connectivity index (χ2n) is 20.2. The fourth-order valence-electron chi connectivity index (χ4n) is 8.60. The first-order chi connectivity index (χ1) is 35.5. The summed E-state index contributed by atoms with van der Waals surface area (Å²) in [6.07, 6.45) is 78.8. The topological polar surface area (TPSA) is 78.9 Å². The second-order valence-corrected chi connectivity index (χ2v) is 20.2. The van der Waals surface area contributed by atoms with Crippen LogP contribution in [-0.2, 0) is 28.6 Å². The number of rotatable bonds is 55. The molecule has 0 saturated heterocycles. The number of unbranched alkanes of at least 4 members (excludes halogenated alkanes) is 30. The maximum atomic E-state index is 12.8. The van der Waals surface area contributed by atoms with Crippen LogP contribution in [0.4, 0.5) is 0 Å².